The summed E-state index contributed by atoms with van der Waals surface area (Å²) in [5.41, 5.74) is -2.20. The molecule has 0 bridgehead atoms. The van der Waals surface area contributed by atoms with Crippen LogP contribution in [0.3, 0.4) is 0 Å². The second-order valence-electron chi connectivity index (χ2n) is 6.68. The molecule has 1 amide bonds. The van der Waals surface area contributed by atoms with E-state index in [0.29, 0.717) is 30.8 Å². The number of aromatic nitrogens is 3. The molecular weight excluding hydrogens is 389 g/mol. The Balaban J connectivity index is 1.96. The molecule has 1 fully saturated rings. The van der Waals surface area contributed by atoms with Crippen molar-refractivity contribution in [1.29, 1.82) is 0 Å². The second-order valence-corrected chi connectivity index (χ2v) is 6.68. The van der Waals surface area contributed by atoms with Crippen LogP contribution in [0.2, 0.25) is 0 Å². The van der Waals surface area contributed by atoms with E-state index in [9.17, 15) is 22.8 Å². The lowest BCUT2D eigenvalue weighted by molar-refractivity contribution is -0.140. The Labute approximate surface area is 162 Å². The minimum absolute atomic E-state index is 0.107. The summed E-state index contributed by atoms with van der Waals surface area (Å²) in [5.74, 6) is -0.556. The highest BCUT2D eigenvalue weighted by Gasteiger charge is 2.39. The third-order valence-corrected chi connectivity index (χ3v) is 4.82. The van der Waals surface area contributed by atoms with E-state index in [1.165, 1.54) is 24.0 Å². The number of fused-ring (bicyclic) bond motifs is 1. The van der Waals surface area contributed by atoms with Gasteiger partial charge in [-0.1, -0.05) is 30.3 Å². The molecule has 4 rings (SSSR count). The molecule has 0 aliphatic carbocycles. The largest absolute Gasteiger partial charge is 0.435 e. The predicted octanol–water partition coefficient (Wildman–Crippen LogP) is 2.49. The summed E-state index contributed by atoms with van der Waals surface area (Å²) in [6, 6.07) is 7.88. The van der Waals surface area contributed by atoms with Crippen molar-refractivity contribution in [3.63, 3.8) is 0 Å². The number of benzene rings is 1. The number of hydrogen-bond donors (Lipinski definition) is 1. The highest BCUT2D eigenvalue weighted by molar-refractivity contribution is 5.95. The smallest absolute Gasteiger partial charge is 0.378 e. The number of aryl methyl sites for hydroxylation is 1. The van der Waals surface area contributed by atoms with Gasteiger partial charge in [-0.2, -0.15) is 22.8 Å². The van der Waals surface area contributed by atoms with Gasteiger partial charge in [0.05, 0.1) is 18.8 Å². The van der Waals surface area contributed by atoms with Crippen molar-refractivity contribution in [3.8, 4) is 11.1 Å². The molecule has 1 aliphatic rings. The van der Waals surface area contributed by atoms with Crippen LogP contribution in [0.15, 0.2) is 35.1 Å². The first kappa shape index (κ1) is 19.2. The molecule has 1 aliphatic heterocycles. The fourth-order valence-corrected chi connectivity index (χ4v) is 3.44. The maximum atomic E-state index is 13.7. The summed E-state index contributed by atoms with van der Waals surface area (Å²) >= 11 is 0. The van der Waals surface area contributed by atoms with Gasteiger partial charge in [0.2, 0.25) is 0 Å². The zero-order chi connectivity index (χ0) is 20.8. The van der Waals surface area contributed by atoms with Crippen LogP contribution in [0.25, 0.3) is 16.8 Å². The number of ether oxygens (including phenoxy) is 1. The van der Waals surface area contributed by atoms with Gasteiger partial charge in [0, 0.05) is 18.8 Å². The van der Waals surface area contributed by atoms with Gasteiger partial charge in [-0.3, -0.25) is 9.59 Å². The maximum absolute atomic E-state index is 13.7. The van der Waals surface area contributed by atoms with E-state index in [1.807, 2.05) is 0 Å². The van der Waals surface area contributed by atoms with E-state index in [4.69, 9.17) is 4.74 Å². The lowest BCUT2D eigenvalue weighted by Crippen LogP contribution is -2.43. The number of nitrogens with one attached hydrogen (secondary N) is 1. The first-order valence-corrected chi connectivity index (χ1v) is 8.94. The van der Waals surface area contributed by atoms with Crippen molar-refractivity contribution in [3.05, 3.63) is 57.6 Å². The van der Waals surface area contributed by atoms with Crippen LogP contribution in [0, 0.1) is 6.92 Å². The number of morpholine rings is 1. The highest BCUT2D eigenvalue weighted by atomic mass is 19.4. The Morgan fingerprint density at radius 1 is 1.17 bits per heavy atom. The van der Waals surface area contributed by atoms with Gasteiger partial charge in [0.15, 0.2) is 5.69 Å². The van der Waals surface area contributed by atoms with Gasteiger partial charge < -0.3 is 14.6 Å². The van der Waals surface area contributed by atoms with Crippen LogP contribution in [-0.4, -0.2) is 51.7 Å². The van der Waals surface area contributed by atoms with Crippen LogP contribution in [0.1, 0.15) is 21.7 Å². The topological polar surface area (TPSA) is 79.7 Å². The number of aromatic amines is 1. The summed E-state index contributed by atoms with van der Waals surface area (Å²) in [4.78, 5) is 30.1. The van der Waals surface area contributed by atoms with E-state index in [0.717, 1.165) is 0 Å². The Hall–Kier alpha value is -3.14. The minimum atomic E-state index is -4.78. The van der Waals surface area contributed by atoms with Gasteiger partial charge in [0.1, 0.15) is 11.2 Å². The van der Waals surface area contributed by atoms with E-state index in [2.05, 4.69) is 10.1 Å². The van der Waals surface area contributed by atoms with E-state index in [1.54, 1.807) is 18.2 Å². The van der Waals surface area contributed by atoms with Crippen molar-refractivity contribution >= 4 is 11.6 Å². The summed E-state index contributed by atoms with van der Waals surface area (Å²) in [7, 11) is 0. The van der Waals surface area contributed by atoms with E-state index in [-0.39, 0.29) is 28.0 Å². The normalized spacial score (nSPS) is 15.1. The number of rotatable bonds is 2. The summed E-state index contributed by atoms with van der Waals surface area (Å²) in [5, 5.41) is 3.54. The maximum Gasteiger partial charge on any atom is 0.435 e. The van der Waals surface area contributed by atoms with Crippen LogP contribution in [-0.2, 0) is 10.9 Å². The lowest BCUT2D eigenvalue weighted by atomic mass is 10.1. The van der Waals surface area contributed by atoms with E-state index >= 15 is 0 Å². The molecule has 7 nitrogen and oxygen atoms in total. The summed E-state index contributed by atoms with van der Waals surface area (Å²) < 4.78 is 46.9. The van der Waals surface area contributed by atoms with Gasteiger partial charge in [-0.05, 0) is 12.5 Å². The number of carbonyl (C=O) groups excluding carboxylic acids is 1. The van der Waals surface area contributed by atoms with Crippen LogP contribution in [0.4, 0.5) is 13.2 Å². The summed E-state index contributed by atoms with van der Waals surface area (Å²) in [6.07, 6.45) is -4.78. The molecule has 1 aromatic carbocycles. The summed E-state index contributed by atoms with van der Waals surface area (Å²) in [6.45, 7) is 2.77. The highest BCUT2D eigenvalue weighted by Crippen LogP contribution is 2.38. The van der Waals surface area contributed by atoms with Gasteiger partial charge in [-0.15, -0.1) is 0 Å². The van der Waals surface area contributed by atoms with Crippen LogP contribution >= 0.6 is 0 Å². The Kier molecular flexibility index (Phi) is 4.65. The molecule has 10 heteroatoms. The monoisotopic (exact) mass is 406 g/mol. The zero-order valence-electron chi connectivity index (χ0n) is 15.4. The SMILES string of the molecule is Cc1[nH]c2c(-c3ccccc3)c(C(F)(F)F)nn2c(=O)c1C(=O)N1CCOCC1. The number of hydrogen-bond acceptors (Lipinski definition) is 4. The van der Waals surface area contributed by atoms with Crippen molar-refractivity contribution in [2.24, 2.45) is 0 Å². The Morgan fingerprint density at radius 3 is 2.45 bits per heavy atom. The number of carbonyl (C=O) groups is 1. The average Bonchev–Trinajstić information content (AvgIpc) is 3.09. The fraction of sp³-hybridized carbons (Fsp3) is 0.316. The first-order valence-electron chi connectivity index (χ1n) is 8.94. The minimum Gasteiger partial charge on any atom is -0.378 e. The van der Waals surface area contributed by atoms with Crippen LogP contribution < -0.4 is 5.56 Å². The molecule has 2 aromatic heterocycles. The van der Waals surface area contributed by atoms with Crippen molar-refractivity contribution in [1.82, 2.24) is 19.5 Å². The average molecular weight is 406 g/mol. The van der Waals surface area contributed by atoms with Gasteiger partial charge >= 0.3 is 6.18 Å². The molecule has 152 valence electrons. The Bertz CT molecular complexity index is 1130. The number of nitrogens with zero attached hydrogens (tertiary/aromatic N) is 3. The Morgan fingerprint density at radius 2 is 1.83 bits per heavy atom. The number of alkyl halides is 3. The molecule has 29 heavy (non-hydrogen) atoms. The molecule has 0 spiro atoms. The number of halogens is 3. The molecule has 0 unspecified atom stereocenters. The molecular formula is C19H17F3N4O3. The third-order valence-electron chi connectivity index (χ3n) is 4.82. The molecule has 0 radical (unpaired) electrons. The number of amides is 1. The van der Waals surface area contributed by atoms with E-state index < -0.39 is 23.3 Å². The number of H-pyrrole nitrogens is 1. The quantitative estimate of drug-likeness (QED) is 0.709. The molecule has 0 saturated carbocycles. The van der Waals surface area contributed by atoms with Gasteiger partial charge in [0.25, 0.3) is 11.5 Å². The molecule has 1 N–H and O–H groups in total. The third kappa shape index (κ3) is 3.29. The van der Waals surface area contributed by atoms with Crippen molar-refractivity contribution in [2.75, 3.05) is 26.3 Å². The van der Waals surface area contributed by atoms with Crippen molar-refractivity contribution in [2.45, 2.75) is 13.1 Å². The van der Waals surface area contributed by atoms with Crippen LogP contribution in [0.5, 0.6) is 0 Å². The molecule has 0 atom stereocenters. The fourth-order valence-electron chi connectivity index (χ4n) is 3.44. The standard InChI is InChI=1S/C19H17F3N4O3/c1-11-13(17(27)25-7-9-29-10-8-25)18(28)26-16(23-11)14(12-5-3-2-4-6-12)15(24-26)19(20,21)22/h2-6,23H,7-10H2,1H3. The molecule has 3 aromatic rings. The molecule has 1 saturated heterocycles. The van der Waals surface area contributed by atoms with Gasteiger partial charge in [-0.25, -0.2) is 0 Å². The first-order chi connectivity index (χ1) is 13.8. The second kappa shape index (κ2) is 7.03. The van der Waals surface area contributed by atoms with Crippen molar-refractivity contribution < 1.29 is 22.7 Å². The zero-order valence-corrected chi connectivity index (χ0v) is 15.4. The predicted molar refractivity (Wildman–Crippen MR) is 97.7 cm³/mol. The lowest BCUT2D eigenvalue weighted by Gasteiger charge is -2.27. The molecule has 3 heterocycles.